The normalized spacial score (nSPS) is 25.1. The van der Waals surface area contributed by atoms with Crippen LogP contribution in [0.4, 0.5) is 0 Å². The molecule has 0 radical (unpaired) electrons. The van der Waals surface area contributed by atoms with Crippen LogP contribution in [0, 0.1) is 5.21 Å². The van der Waals surface area contributed by atoms with Gasteiger partial charge < -0.3 is 5.21 Å². The van der Waals surface area contributed by atoms with Gasteiger partial charge in [0, 0.05) is 5.75 Å². The van der Waals surface area contributed by atoms with Crippen LogP contribution in [-0.2, 0) is 0 Å². The zero-order chi connectivity index (χ0) is 5.98. The Balaban J connectivity index is 2.55. The third-order valence-electron chi connectivity index (χ3n) is 0.833. The summed E-state index contributed by atoms with van der Waals surface area (Å²) < 4.78 is 0. The second-order valence-corrected chi connectivity index (χ2v) is 2.41. The summed E-state index contributed by atoms with van der Waals surface area (Å²) in [5.41, 5.74) is 0. The van der Waals surface area contributed by atoms with E-state index in [4.69, 9.17) is 5.21 Å². The van der Waals surface area contributed by atoms with Crippen molar-refractivity contribution >= 4 is 16.9 Å². The summed E-state index contributed by atoms with van der Waals surface area (Å²) in [6, 6.07) is 0. The van der Waals surface area contributed by atoms with Gasteiger partial charge in [-0.3, -0.25) is 10.4 Å². The molecule has 1 rings (SSSR count). The molecule has 1 aliphatic rings. The van der Waals surface area contributed by atoms with Gasteiger partial charge in [-0.15, -0.1) is 0 Å². The maximum atomic E-state index is 9.71. The monoisotopic (exact) mass is 133 g/mol. The van der Waals surface area contributed by atoms with Crippen molar-refractivity contribution in [2.45, 2.75) is 0 Å². The van der Waals surface area contributed by atoms with Gasteiger partial charge in [0.05, 0.1) is 6.54 Å². The fraction of sp³-hybridized carbons (Fsp3) is 0.667. The Morgan fingerprint density at radius 3 is 2.88 bits per heavy atom. The van der Waals surface area contributed by atoms with E-state index in [-0.39, 0.29) is 5.17 Å². The van der Waals surface area contributed by atoms with Gasteiger partial charge in [0.1, 0.15) is 0 Å². The number of hydrogen-bond acceptors (Lipinski definition) is 4. The summed E-state index contributed by atoms with van der Waals surface area (Å²) in [5, 5.41) is 22.0. The Hall–Kier alpha value is -0.420. The molecule has 1 fully saturated rings. The van der Waals surface area contributed by atoms with Crippen molar-refractivity contribution in [3.63, 3.8) is 0 Å². The molecule has 0 amide bonds. The van der Waals surface area contributed by atoms with Crippen molar-refractivity contribution in [3.8, 4) is 0 Å². The molecule has 0 unspecified atom stereocenters. The van der Waals surface area contributed by atoms with Crippen LogP contribution in [0.15, 0.2) is 5.16 Å². The summed E-state index contributed by atoms with van der Waals surface area (Å²) in [6.45, 7) is 0.506. The standard InChI is InChI=1S/C3H6N2O2S/c6-4-3-5(7)1-2-8-3/h6-7H,1-2H2/p-1. The fourth-order valence-corrected chi connectivity index (χ4v) is 1.21. The first-order valence-corrected chi connectivity index (χ1v) is 3.12. The third-order valence-corrected chi connectivity index (χ3v) is 1.76. The number of amidine groups is 1. The van der Waals surface area contributed by atoms with Gasteiger partial charge in [0.2, 0.25) is 0 Å². The lowest BCUT2D eigenvalue weighted by atomic mass is 10.7. The Morgan fingerprint density at radius 2 is 2.62 bits per heavy atom. The zero-order valence-electron chi connectivity index (χ0n) is 4.07. The molecule has 5 heteroatoms. The predicted molar refractivity (Wildman–Crippen MR) is 31.8 cm³/mol. The van der Waals surface area contributed by atoms with Crippen LogP contribution in [0.5, 0.6) is 0 Å². The van der Waals surface area contributed by atoms with Gasteiger partial charge in [-0.2, -0.15) is 0 Å². The van der Waals surface area contributed by atoms with Gasteiger partial charge in [0.25, 0.3) is 0 Å². The smallest absolute Gasteiger partial charge is 0.178 e. The molecule has 1 N–H and O–H groups in total. The van der Waals surface area contributed by atoms with E-state index >= 15 is 0 Å². The van der Waals surface area contributed by atoms with Crippen molar-refractivity contribution in [1.29, 1.82) is 0 Å². The SMILES string of the molecule is [O-]N=C1SCCN1O. The van der Waals surface area contributed by atoms with Crippen LogP contribution >= 0.6 is 11.8 Å². The minimum Gasteiger partial charge on any atom is -0.790 e. The average Bonchev–Trinajstić information content (AvgIpc) is 2.14. The molecule has 1 saturated heterocycles. The zero-order valence-corrected chi connectivity index (χ0v) is 4.89. The highest BCUT2D eigenvalue weighted by atomic mass is 32.2. The molecule has 0 saturated carbocycles. The minimum atomic E-state index is 0.171. The van der Waals surface area contributed by atoms with Crippen LogP contribution < -0.4 is 0 Å². The van der Waals surface area contributed by atoms with E-state index in [9.17, 15) is 5.21 Å². The summed E-state index contributed by atoms with van der Waals surface area (Å²) >= 11 is 1.26. The lowest BCUT2D eigenvalue weighted by molar-refractivity contribution is -0.000673. The topological polar surface area (TPSA) is 58.9 Å². The highest BCUT2D eigenvalue weighted by Crippen LogP contribution is 2.14. The first kappa shape index (κ1) is 5.71. The number of rotatable bonds is 0. The van der Waals surface area contributed by atoms with Crippen molar-refractivity contribution in [1.82, 2.24) is 5.06 Å². The first-order valence-electron chi connectivity index (χ1n) is 2.14. The van der Waals surface area contributed by atoms with Crippen molar-refractivity contribution in [2.24, 2.45) is 5.16 Å². The number of thioether (sulfide) groups is 1. The largest absolute Gasteiger partial charge is 0.790 e. The van der Waals surface area contributed by atoms with Gasteiger partial charge in [-0.1, -0.05) is 11.8 Å². The van der Waals surface area contributed by atoms with Crippen molar-refractivity contribution < 1.29 is 5.21 Å². The van der Waals surface area contributed by atoms with E-state index in [1.54, 1.807) is 0 Å². The van der Waals surface area contributed by atoms with Gasteiger partial charge in [0.15, 0.2) is 5.17 Å². The Labute approximate surface area is 50.7 Å². The molecule has 1 heterocycles. The quantitative estimate of drug-likeness (QED) is 0.482. The van der Waals surface area contributed by atoms with E-state index in [0.717, 1.165) is 10.8 Å². The Kier molecular flexibility index (Phi) is 1.59. The molecule has 0 aliphatic carbocycles. The molecule has 8 heavy (non-hydrogen) atoms. The lowest BCUT2D eigenvalue weighted by Crippen LogP contribution is -2.18. The molecule has 0 spiro atoms. The molecule has 1 aliphatic heterocycles. The fourth-order valence-electron chi connectivity index (χ4n) is 0.467. The second-order valence-electron chi connectivity index (χ2n) is 1.35. The molecule has 0 atom stereocenters. The van der Waals surface area contributed by atoms with Crippen LogP contribution in [0.25, 0.3) is 0 Å². The summed E-state index contributed by atoms with van der Waals surface area (Å²) in [4.78, 5) is 0. The van der Waals surface area contributed by atoms with Crippen molar-refractivity contribution in [3.05, 3.63) is 5.21 Å². The van der Waals surface area contributed by atoms with Gasteiger partial charge >= 0.3 is 0 Å². The second kappa shape index (κ2) is 2.23. The molecule has 46 valence electrons. The summed E-state index contributed by atoms with van der Waals surface area (Å²) in [5.74, 6) is 0.748. The average molecular weight is 133 g/mol. The highest BCUT2D eigenvalue weighted by Gasteiger charge is 2.14. The van der Waals surface area contributed by atoms with E-state index < -0.39 is 0 Å². The van der Waals surface area contributed by atoms with Crippen molar-refractivity contribution in [2.75, 3.05) is 12.3 Å². The third kappa shape index (κ3) is 0.873. The van der Waals surface area contributed by atoms with Gasteiger partial charge in [-0.05, 0) is 0 Å². The van der Waals surface area contributed by atoms with E-state index in [2.05, 4.69) is 5.16 Å². The summed E-state index contributed by atoms with van der Waals surface area (Å²) in [6.07, 6.45) is 0. The maximum absolute atomic E-state index is 9.71. The Morgan fingerprint density at radius 1 is 1.88 bits per heavy atom. The van der Waals surface area contributed by atoms with E-state index in [1.807, 2.05) is 0 Å². The molecule has 0 aromatic heterocycles. The van der Waals surface area contributed by atoms with Crippen LogP contribution in [-0.4, -0.2) is 27.7 Å². The molecule has 4 nitrogen and oxygen atoms in total. The summed E-state index contributed by atoms with van der Waals surface area (Å²) in [7, 11) is 0. The van der Waals surface area contributed by atoms with E-state index in [0.29, 0.717) is 6.54 Å². The number of nitrogens with zero attached hydrogens (tertiary/aromatic N) is 2. The van der Waals surface area contributed by atoms with E-state index in [1.165, 1.54) is 11.8 Å². The maximum Gasteiger partial charge on any atom is 0.178 e. The highest BCUT2D eigenvalue weighted by molar-refractivity contribution is 8.14. The Bertz CT molecular complexity index is 116. The molecule has 0 aromatic rings. The van der Waals surface area contributed by atoms with Crippen LogP contribution in [0.3, 0.4) is 0 Å². The molecule has 0 bridgehead atoms. The van der Waals surface area contributed by atoms with Crippen LogP contribution in [0.2, 0.25) is 0 Å². The number of hydroxylamine groups is 2. The minimum absolute atomic E-state index is 0.171. The number of hydrogen-bond donors (Lipinski definition) is 1. The predicted octanol–water partition coefficient (Wildman–Crippen LogP) is 0.278. The molecular formula is C3H5N2O2S-. The molecule has 0 aromatic carbocycles. The van der Waals surface area contributed by atoms with Crippen LogP contribution in [0.1, 0.15) is 0 Å². The molecular weight excluding hydrogens is 128 g/mol. The van der Waals surface area contributed by atoms with Gasteiger partial charge in [-0.25, -0.2) is 5.06 Å². The first-order chi connectivity index (χ1) is 3.84. The lowest BCUT2D eigenvalue weighted by Gasteiger charge is -2.07.